The summed E-state index contributed by atoms with van der Waals surface area (Å²) in [4.78, 5) is 72.0. The molecule has 0 aromatic heterocycles. The SMILES string of the molecule is Cc1c(C)c(S(=O)(=O)NC(=N)NCCC[C@@H]2NC(=O)[C@@H](CCCN)N(C)C(=O)[C@@H](Cc3ccc(O)c(I)c3)NC(=O)CNC(=O)[C@H](Cc3ccc4ccccc4c3)NC2=O)c(C)c2c1OC(C)(C)C2. The number of phenols is 1. The summed E-state index contributed by atoms with van der Waals surface area (Å²) in [5.74, 6) is -3.22. The fourth-order valence-electron chi connectivity index (χ4n) is 8.87. The minimum atomic E-state index is -4.24. The van der Waals surface area contributed by atoms with Crippen LogP contribution in [0, 0.1) is 29.8 Å². The topological polar surface area (TPSA) is 274 Å². The van der Waals surface area contributed by atoms with E-state index in [1.54, 1.807) is 26.0 Å². The van der Waals surface area contributed by atoms with E-state index in [1.807, 2.05) is 85.8 Å². The predicted molar refractivity (Wildman–Crippen MR) is 270 cm³/mol. The van der Waals surface area contributed by atoms with Gasteiger partial charge in [-0.2, -0.15) is 0 Å². The lowest BCUT2D eigenvalue weighted by Gasteiger charge is -2.32. The van der Waals surface area contributed by atoms with Crippen molar-refractivity contribution in [3.05, 3.63) is 97.6 Å². The lowest BCUT2D eigenvalue weighted by Crippen LogP contribution is -2.58. The second-order valence-electron chi connectivity index (χ2n) is 18.3. The van der Waals surface area contributed by atoms with E-state index in [1.165, 1.54) is 18.0 Å². The highest BCUT2D eigenvalue weighted by atomic mass is 127. The fraction of sp³-hybridized carbons (Fsp3) is 0.429. The van der Waals surface area contributed by atoms with Crippen molar-refractivity contribution in [1.82, 2.24) is 36.2 Å². The number of carbonyl (C=O) groups excluding carboxylic acids is 5. The minimum absolute atomic E-state index is 0.00807. The van der Waals surface area contributed by atoms with E-state index < -0.39 is 81.8 Å². The van der Waals surface area contributed by atoms with Crippen molar-refractivity contribution in [1.29, 1.82) is 5.41 Å². The Hall–Kier alpha value is -6.00. The number of halogens is 1. The monoisotopic (exact) mass is 1080 g/mol. The zero-order chi connectivity index (χ0) is 50.4. The largest absolute Gasteiger partial charge is 0.507 e. The number of nitrogens with one attached hydrogen (secondary N) is 7. The second-order valence-corrected chi connectivity index (χ2v) is 21.1. The summed E-state index contributed by atoms with van der Waals surface area (Å²) >= 11 is 1.95. The Morgan fingerprint density at radius 2 is 1.52 bits per heavy atom. The first-order chi connectivity index (χ1) is 32.6. The van der Waals surface area contributed by atoms with Crippen LogP contribution >= 0.6 is 22.6 Å². The Balaban J connectivity index is 1.25. The van der Waals surface area contributed by atoms with Crippen LogP contribution in [-0.4, -0.2) is 110 Å². The first kappa shape index (κ1) is 52.4. The highest BCUT2D eigenvalue weighted by Gasteiger charge is 2.38. The summed E-state index contributed by atoms with van der Waals surface area (Å²) in [6.45, 7) is 8.75. The Kier molecular flexibility index (Phi) is 16.8. The maximum Gasteiger partial charge on any atom is 0.264 e. The van der Waals surface area contributed by atoms with Crippen LogP contribution < -0.4 is 41.8 Å². The zero-order valence-corrected chi connectivity index (χ0v) is 42.7. The quantitative estimate of drug-likeness (QED) is 0.0407. The molecule has 4 atom stereocenters. The summed E-state index contributed by atoms with van der Waals surface area (Å²) in [7, 11) is -2.81. The normalized spacial score (nSPS) is 20.1. The number of guanidine groups is 1. The number of ether oxygens (including phenoxy) is 1. The molecule has 69 heavy (non-hydrogen) atoms. The maximum atomic E-state index is 14.4. The molecular formula is C49H62IN9O9S. The van der Waals surface area contributed by atoms with Crippen molar-refractivity contribution in [3.8, 4) is 11.5 Å². The number of rotatable bonds is 13. The Bertz CT molecular complexity index is 2770. The third kappa shape index (κ3) is 12.8. The molecule has 1 fully saturated rings. The standard InChI is InChI=1S/C49H62IN9O9S/c1-27-28(2)43(29(3)34-25-49(4,5)68-42(27)34)69(66,67)58-48(52)53-20-10-13-36-45(63)57-37(23-30-15-17-32-11-7-8-12-33(32)21-30)44(62)54-26-41(61)55-38(24-31-16-18-40(60)35(50)22-31)47(65)59(6)39(14-9-19-51)46(64)56-36/h7-8,11-12,15-18,21-22,36-39,60H,9-10,13-14,19-20,23-26,51H2,1-6H3,(H,54,62)(H,55,61)(H,56,64)(H,57,63)(H3,52,53,58)/t36-,37-,38+,39+/m0/s1. The van der Waals surface area contributed by atoms with E-state index in [4.69, 9.17) is 15.9 Å². The van der Waals surface area contributed by atoms with Crippen LogP contribution in [0.3, 0.4) is 0 Å². The van der Waals surface area contributed by atoms with Gasteiger partial charge in [-0.05, 0) is 140 Å². The molecule has 0 aliphatic carbocycles. The van der Waals surface area contributed by atoms with E-state index in [-0.39, 0.29) is 55.8 Å². The number of aromatic hydroxyl groups is 1. The van der Waals surface area contributed by atoms with Gasteiger partial charge in [-0.1, -0.05) is 48.5 Å². The van der Waals surface area contributed by atoms with Crippen molar-refractivity contribution in [2.75, 3.05) is 26.7 Å². The second kappa shape index (κ2) is 22.2. The molecule has 0 bridgehead atoms. The van der Waals surface area contributed by atoms with Crippen molar-refractivity contribution in [3.63, 3.8) is 0 Å². The Morgan fingerprint density at radius 3 is 2.23 bits per heavy atom. The molecule has 2 heterocycles. The lowest BCUT2D eigenvalue weighted by molar-refractivity contribution is -0.142. The van der Waals surface area contributed by atoms with E-state index in [9.17, 15) is 37.5 Å². The molecule has 2 aliphatic heterocycles. The third-order valence-electron chi connectivity index (χ3n) is 12.6. The first-order valence-corrected chi connectivity index (χ1v) is 25.4. The average molecular weight is 1080 g/mol. The van der Waals surface area contributed by atoms with Crippen LogP contribution in [0.15, 0.2) is 65.6 Å². The number of hydrogen-bond acceptors (Lipinski definition) is 11. The number of sulfonamides is 1. The summed E-state index contributed by atoms with van der Waals surface area (Å²) in [6.07, 6.45) is 1.02. The highest BCUT2D eigenvalue weighted by Crippen LogP contribution is 2.43. The number of nitrogens with two attached hydrogens (primary N) is 1. The number of likely N-dealkylation sites (N-methyl/N-ethyl adjacent to an activating group) is 1. The van der Waals surface area contributed by atoms with Gasteiger partial charge < -0.3 is 47.1 Å². The van der Waals surface area contributed by atoms with Gasteiger partial charge in [0, 0.05) is 38.4 Å². The minimum Gasteiger partial charge on any atom is -0.507 e. The van der Waals surface area contributed by atoms with Crippen LogP contribution in [0.4, 0.5) is 0 Å². The average Bonchev–Trinajstić information content (AvgIpc) is 3.63. The van der Waals surface area contributed by atoms with Gasteiger partial charge in [0.25, 0.3) is 10.0 Å². The first-order valence-electron chi connectivity index (χ1n) is 22.9. The number of hydrogen-bond donors (Lipinski definition) is 9. The molecule has 10 N–H and O–H groups in total. The van der Waals surface area contributed by atoms with Crippen LogP contribution in [0.1, 0.15) is 72.9 Å². The number of benzene rings is 4. The molecule has 20 heteroatoms. The van der Waals surface area contributed by atoms with Gasteiger partial charge in [0.05, 0.1) is 15.0 Å². The van der Waals surface area contributed by atoms with E-state index in [0.717, 1.165) is 16.3 Å². The van der Waals surface area contributed by atoms with Gasteiger partial charge in [-0.25, -0.2) is 13.1 Å². The summed E-state index contributed by atoms with van der Waals surface area (Å²) in [5, 5.41) is 34.3. The Labute approximate surface area is 416 Å². The zero-order valence-electron chi connectivity index (χ0n) is 39.7. The van der Waals surface area contributed by atoms with Crippen LogP contribution in [0.25, 0.3) is 10.8 Å². The van der Waals surface area contributed by atoms with Crippen LogP contribution in [-0.2, 0) is 53.3 Å². The number of fused-ring (bicyclic) bond motifs is 2. The number of carbonyl (C=O) groups is 5. The smallest absolute Gasteiger partial charge is 0.264 e. The van der Waals surface area contributed by atoms with Gasteiger partial charge in [0.2, 0.25) is 35.5 Å². The van der Waals surface area contributed by atoms with Crippen molar-refractivity contribution >= 4 is 78.9 Å². The van der Waals surface area contributed by atoms with Gasteiger partial charge in [-0.15, -0.1) is 0 Å². The van der Waals surface area contributed by atoms with E-state index >= 15 is 0 Å². The molecular weight excluding hydrogens is 1020 g/mol. The molecule has 18 nitrogen and oxygen atoms in total. The molecule has 0 saturated carbocycles. The molecule has 6 rings (SSSR count). The number of amides is 5. The molecule has 0 spiro atoms. The number of nitrogens with zero attached hydrogens (tertiary/aromatic N) is 1. The van der Waals surface area contributed by atoms with Gasteiger partial charge in [0.1, 0.15) is 41.3 Å². The summed E-state index contributed by atoms with van der Waals surface area (Å²) < 4.78 is 36.7. The van der Waals surface area contributed by atoms with Gasteiger partial charge in [-0.3, -0.25) is 29.4 Å². The van der Waals surface area contributed by atoms with Gasteiger partial charge in [0.15, 0.2) is 0 Å². The molecule has 2 aliphatic rings. The molecule has 4 aromatic rings. The van der Waals surface area contributed by atoms with Crippen molar-refractivity contribution in [2.24, 2.45) is 5.73 Å². The molecule has 5 amide bonds. The van der Waals surface area contributed by atoms with Crippen molar-refractivity contribution < 1.29 is 42.2 Å². The molecule has 4 aromatic carbocycles. The molecule has 370 valence electrons. The lowest BCUT2D eigenvalue weighted by atomic mass is 9.94. The van der Waals surface area contributed by atoms with E-state index in [0.29, 0.717) is 50.0 Å². The van der Waals surface area contributed by atoms with E-state index in [2.05, 4.69) is 31.3 Å². The summed E-state index contributed by atoms with van der Waals surface area (Å²) in [5.41, 5.74) is 9.24. The summed E-state index contributed by atoms with van der Waals surface area (Å²) in [6, 6.07) is 13.2. The number of phenolic OH excluding ortho intramolecular Hbond substituents is 1. The fourth-order valence-corrected chi connectivity index (χ4v) is 11.0. The van der Waals surface area contributed by atoms with Crippen LogP contribution in [0.5, 0.6) is 11.5 Å². The molecule has 0 unspecified atom stereocenters. The molecule has 0 radical (unpaired) electrons. The third-order valence-corrected chi connectivity index (χ3v) is 15.1. The van der Waals surface area contributed by atoms with Crippen LogP contribution in [0.2, 0.25) is 0 Å². The maximum absolute atomic E-state index is 14.4. The van der Waals surface area contributed by atoms with Gasteiger partial charge >= 0.3 is 0 Å². The highest BCUT2D eigenvalue weighted by molar-refractivity contribution is 14.1. The Morgan fingerprint density at radius 1 is 0.855 bits per heavy atom. The predicted octanol–water partition coefficient (Wildman–Crippen LogP) is 3.01. The van der Waals surface area contributed by atoms with Crippen molar-refractivity contribution in [2.45, 2.75) is 114 Å². The molecule has 1 saturated heterocycles.